The molecule has 5 heavy (non-hydrogen) atoms. The number of hydrogen-bond acceptors (Lipinski definition) is 0. The molecule has 44 valence electrons. The van der Waals surface area contributed by atoms with Crippen LogP contribution in [0.3, 0.4) is 0 Å². The van der Waals surface area contributed by atoms with E-state index < -0.39 is 0 Å². The minimum absolute atomic E-state index is 0. The molecule has 0 fully saturated rings. The van der Waals surface area contributed by atoms with E-state index in [2.05, 4.69) is 0 Å². The Hall–Kier alpha value is 2.90. The Morgan fingerprint density at radius 3 is 0.600 bits per heavy atom. The van der Waals surface area contributed by atoms with E-state index in [0.717, 1.165) is 0 Å². The summed E-state index contributed by atoms with van der Waals surface area (Å²) in [7, 11) is 0. The van der Waals surface area contributed by atoms with Crippen molar-refractivity contribution in [1.29, 1.82) is 0 Å². The summed E-state index contributed by atoms with van der Waals surface area (Å²) in [6.45, 7) is 0. The summed E-state index contributed by atoms with van der Waals surface area (Å²) in [6.07, 6.45) is 0. The maximum atomic E-state index is 0. The minimum Gasteiger partial charge on any atom is -2.00 e. The monoisotopic (exact) mass is 486 g/mol. The van der Waals surface area contributed by atoms with Gasteiger partial charge in [0.2, 0.25) is 0 Å². The van der Waals surface area contributed by atoms with Gasteiger partial charge in [-0.05, 0) is 0 Å². The summed E-state index contributed by atoms with van der Waals surface area (Å²) in [5.41, 5.74) is 0. The second-order valence-corrected chi connectivity index (χ2v) is 0. The van der Waals surface area contributed by atoms with Crippen LogP contribution in [0.4, 0.5) is 0 Å². The van der Waals surface area contributed by atoms with Crippen LogP contribution in [0.25, 0.3) is 0 Å². The largest absolute Gasteiger partial charge is 2.00 e. The standard InChI is InChI=1S/2Ag.2HI.O/h;;2*1H;/q2*+1;;;-2. The van der Waals surface area contributed by atoms with E-state index in [1.165, 1.54) is 0 Å². The predicted octanol–water partition coefficient (Wildman–Crippen LogP) is 1.11. The average molecular weight is 488 g/mol. The molecule has 0 saturated heterocycles. The van der Waals surface area contributed by atoms with Crippen LogP contribution in [0.15, 0.2) is 0 Å². The Kier molecular flexibility index (Phi) is 255. The summed E-state index contributed by atoms with van der Waals surface area (Å²) in [5, 5.41) is 0. The summed E-state index contributed by atoms with van der Waals surface area (Å²) >= 11 is 0. The van der Waals surface area contributed by atoms with Crippen molar-refractivity contribution < 1.29 is 50.2 Å². The number of rotatable bonds is 0. The molecule has 1 nitrogen and oxygen atoms in total. The molecule has 0 aromatic carbocycles. The molecule has 0 unspecified atom stereocenters. The first-order chi connectivity index (χ1) is 0. The smallest absolute Gasteiger partial charge is 1.00 e. The van der Waals surface area contributed by atoms with Crippen molar-refractivity contribution in [3.05, 3.63) is 0 Å². The molecule has 0 saturated carbocycles. The molecule has 0 amide bonds. The zero-order chi connectivity index (χ0) is 0. The Bertz CT molecular complexity index is 7.61. The molecule has 0 aromatic rings. The van der Waals surface area contributed by atoms with Gasteiger partial charge in [-0.3, -0.25) is 0 Å². The summed E-state index contributed by atoms with van der Waals surface area (Å²) in [5.74, 6) is 0. The van der Waals surface area contributed by atoms with Crippen molar-refractivity contribution in [3.8, 4) is 0 Å². The molecule has 0 rings (SSSR count). The molecule has 0 aliphatic heterocycles. The molecule has 0 N–H and O–H groups in total. The summed E-state index contributed by atoms with van der Waals surface area (Å²) in [4.78, 5) is 0. The van der Waals surface area contributed by atoms with Crippen LogP contribution in [0.2, 0.25) is 0 Å². The number of hydrogen-bond donors (Lipinski definition) is 0. The van der Waals surface area contributed by atoms with Crippen LogP contribution in [0.1, 0.15) is 0 Å². The quantitative estimate of drug-likeness (QED) is 0.362. The van der Waals surface area contributed by atoms with Crippen molar-refractivity contribution in [2.45, 2.75) is 0 Å². The third-order valence-electron chi connectivity index (χ3n) is 0. The van der Waals surface area contributed by atoms with E-state index >= 15 is 0 Å². The maximum absolute atomic E-state index is 0. The van der Waals surface area contributed by atoms with E-state index in [0.29, 0.717) is 0 Å². The van der Waals surface area contributed by atoms with E-state index in [1.807, 2.05) is 0 Å². The fourth-order valence-electron chi connectivity index (χ4n) is 0. The molecule has 0 aliphatic rings. The third kappa shape index (κ3) is 19.7. The van der Waals surface area contributed by atoms with Crippen LogP contribution in [0.5, 0.6) is 0 Å². The molecule has 0 aliphatic carbocycles. The van der Waals surface area contributed by atoms with Gasteiger partial charge in [-0.25, -0.2) is 0 Å². The van der Waals surface area contributed by atoms with E-state index in [1.54, 1.807) is 0 Å². The molecular formula is H2Ag2I2O. The molecule has 0 radical (unpaired) electrons. The van der Waals surface area contributed by atoms with Crippen molar-refractivity contribution in [1.82, 2.24) is 0 Å². The van der Waals surface area contributed by atoms with E-state index in [9.17, 15) is 0 Å². The normalized spacial score (nSPS) is 0. The van der Waals surface area contributed by atoms with Gasteiger partial charge in [-0.2, -0.15) is 0 Å². The topological polar surface area (TPSA) is 28.5 Å². The van der Waals surface area contributed by atoms with Crippen LogP contribution < -0.4 is 0 Å². The first-order valence-corrected chi connectivity index (χ1v) is 0. The minimum atomic E-state index is 0. The zero-order valence-electron chi connectivity index (χ0n) is 1.83. The molecular weight excluding hydrogens is 486 g/mol. The second-order valence-electron chi connectivity index (χ2n) is 0. The van der Waals surface area contributed by atoms with Gasteiger partial charge >= 0.3 is 44.8 Å². The van der Waals surface area contributed by atoms with Gasteiger partial charge in [0.05, 0.1) is 0 Å². The van der Waals surface area contributed by atoms with Gasteiger partial charge in [-0.15, -0.1) is 48.0 Å². The van der Waals surface area contributed by atoms with Crippen molar-refractivity contribution in [2.75, 3.05) is 0 Å². The van der Waals surface area contributed by atoms with Gasteiger partial charge in [0.1, 0.15) is 0 Å². The van der Waals surface area contributed by atoms with Crippen molar-refractivity contribution >= 4 is 48.0 Å². The van der Waals surface area contributed by atoms with Crippen LogP contribution in [-0.2, 0) is 50.2 Å². The van der Waals surface area contributed by atoms with Gasteiger partial charge in [0.15, 0.2) is 0 Å². The van der Waals surface area contributed by atoms with Gasteiger partial charge in [-0.1, -0.05) is 0 Å². The molecule has 0 bridgehead atoms. The van der Waals surface area contributed by atoms with Crippen LogP contribution in [0, 0.1) is 0 Å². The fraction of sp³-hybridized carbons (Fsp3) is 0. The first-order valence-electron chi connectivity index (χ1n) is 0. The molecule has 0 heterocycles. The van der Waals surface area contributed by atoms with E-state index in [4.69, 9.17) is 0 Å². The van der Waals surface area contributed by atoms with Crippen molar-refractivity contribution in [3.63, 3.8) is 0 Å². The zero-order valence-corrected chi connectivity index (χ0v) is 9.45. The predicted molar refractivity (Wildman–Crippen MR) is 31.5 cm³/mol. The fourth-order valence-corrected chi connectivity index (χ4v) is 0. The first kappa shape index (κ1) is 44.7. The Morgan fingerprint density at radius 1 is 0.600 bits per heavy atom. The van der Waals surface area contributed by atoms with E-state index in [-0.39, 0.29) is 98.2 Å². The number of halogens is 2. The third-order valence-corrected chi connectivity index (χ3v) is 0. The SMILES string of the molecule is I.I.[Ag+].[Ag+].[O-2]. The molecule has 0 spiro atoms. The Morgan fingerprint density at radius 2 is 0.600 bits per heavy atom. The second kappa shape index (κ2) is 28.6. The maximum Gasteiger partial charge on any atom is 1.00 e. The van der Waals surface area contributed by atoms with Gasteiger partial charge in [0, 0.05) is 0 Å². The Labute approximate surface area is 96.4 Å². The summed E-state index contributed by atoms with van der Waals surface area (Å²) in [6, 6.07) is 0. The average Bonchev–Trinajstić information content (AvgIpc) is 0. The van der Waals surface area contributed by atoms with Gasteiger partial charge in [0.25, 0.3) is 0 Å². The molecule has 5 heteroatoms. The molecule has 0 aromatic heterocycles. The van der Waals surface area contributed by atoms with Crippen LogP contribution in [-0.4, -0.2) is 0 Å². The van der Waals surface area contributed by atoms with Crippen LogP contribution >= 0.6 is 48.0 Å². The Balaban J connectivity index is 0. The van der Waals surface area contributed by atoms with Gasteiger partial charge < -0.3 is 5.48 Å². The molecule has 0 atom stereocenters. The summed E-state index contributed by atoms with van der Waals surface area (Å²) < 4.78 is 0. The van der Waals surface area contributed by atoms with Crippen molar-refractivity contribution in [2.24, 2.45) is 0 Å².